The van der Waals surface area contributed by atoms with Gasteiger partial charge in [0.25, 0.3) is 0 Å². The summed E-state index contributed by atoms with van der Waals surface area (Å²) in [6, 6.07) is 21.0. The van der Waals surface area contributed by atoms with Crippen molar-refractivity contribution >= 4 is 25.2 Å². The quantitative estimate of drug-likeness (QED) is 0.609. The summed E-state index contributed by atoms with van der Waals surface area (Å²) in [6.45, 7) is 3.47. The average molecular weight is 469 g/mol. The first-order valence-electron chi connectivity index (χ1n) is 10.2. The van der Waals surface area contributed by atoms with Crippen LogP contribution < -0.4 is 0 Å². The minimum Gasteiger partial charge on any atom is -0.386 e. The number of sulfone groups is 2. The third-order valence-corrected chi connectivity index (χ3v) is 11.6. The fourth-order valence-corrected chi connectivity index (χ4v) is 9.42. The van der Waals surface area contributed by atoms with E-state index in [1.165, 1.54) is 30.3 Å². The topological polar surface area (TPSA) is 88.5 Å². The zero-order chi connectivity index (χ0) is 23.1. The first-order valence-corrected chi connectivity index (χ1v) is 13.1. The van der Waals surface area contributed by atoms with E-state index in [2.05, 4.69) is 0 Å². The minimum absolute atomic E-state index is 0.129. The zero-order valence-corrected chi connectivity index (χ0v) is 19.4. The molecule has 3 aromatic carbocycles. The van der Waals surface area contributed by atoms with E-state index >= 15 is 0 Å². The minimum atomic E-state index is -4.52. The Morgan fingerprint density at radius 1 is 0.750 bits per heavy atom. The zero-order valence-electron chi connectivity index (χ0n) is 17.8. The van der Waals surface area contributed by atoms with Crippen LogP contribution in [0.2, 0.25) is 0 Å². The molecular weight excluding hydrogens is 444 g/mol. The Morgan fingerprint density at radius 2 is 1.25 bits per heavy atom. The van der Waals surface area contributed by atoms with Gasteiger partial charge in [0, 0.05) is 6.42 Å². The van der Waals surface area contributed by atoms with Gasteiger partial charge in [-0.15, -0.1) is 0 Å². The number of benzene rings is 3. The number of hydrogen-bond acceptors (Lipinski definition) is 5. The van der Waals surface area contributed by atoms with E-state index in [0.29, 0.717) is 16.7 Å². The molecule has 3 aromatic rings. The predicted molar refractivity (Wildman–Crippen MR) is 125 cm³/mol. The SMILES string of the molecule is Cc1cccc(S(=O)(=O)C2(S(=O)(=O)c3cccc(C)c3)CC=C(c3ccccc3)C2O)c1. The van der Waals surface area contributed by atoms with Crippen LogP contribution in [0.25, 0.3) is 5.57 Å². The van der Waals surface area contributed by atoms with Crippen LogP contribution in [-0.4, -0.2) is 32.1 Å². The second kappa shape index (κ2) is 7.99. The fraction of sp³-hybridized carbons (Fsp3) is 0.200. The van der Waals surface area contributed by atoms with Crippen LogP contribution >= 0.6 is 0 Å². The first kappa shape index (κ1) is 22.5. The second-order valence-corrected chi connectivity index (χ2v) is 12.8. The van der Waals surface area contributed by atoms with Crippen LogP contribution in [-0.2, 0) is 19.7 Å². The molecule has 0 saturated heterocycles. The van der Waals surface area contributed by atoms with Gasteiger partial charge in [-0.3, -0.25) is 0 Å². The summed E-state index contributed by atoms with van der Waals surface area (Å²) in [7, 11) is -9.04. The summed E-state index contributed by atoms with van der Waals surface area (Å²) in [5, 5.41) is 11.5. The molecule has 4 rings (SSSR count). The highest BCUT2D eigenvalue weighted by Crippen LogP contribution is 2.49. The van der Waals surface area contributed by atoms with Gasteiger partial charge in [0.1, 0.15) is 6.10 Å². The van der Waals surface area contributed by atoms with E-state index in [1.807, 2.05) is 0 Å². The number of aliphatic hydroxyl groups excluding tert-OH is 1. The number of hydrogen-bond donors (Lipinski definition) is 1. The predicted octanol–water partition coefficient (Wildman–Crippen LogP) is 4.10. The molecule has 5 nitrogen and oxygen atoms in total. The van der Waals surface area contributed by atoms with Gasteiger partial charge >= 0.3 is 0 Å². The van der Waals surface area contributed by atoms with Crippen LogP contribution in [0.15, 0.2) is 94.7 Å². The Hall–Kier alpha value is -2.74. The Morgan fingerprint density at radius 3 is 1.72 bits per heavy atom. The molecule has 0 heterocycles. The molecule has 0 spiro atoms. The van der Waals surface area contributed by atoms with Crippen molar-refractivity contribution in [3.05, 3.63) is 102 Å². The Balaban J connectivity index is 1.99. The second-order valence-electron chi connectivity index (χ2n) is 8.08. The summed E-state index contributed by atoms with van der Waals surface area (Å²) in [6.07, 6.45) is -0.591. The molecule has 0 saturated carbocycles. The van der Waals surface area contributed by atoms with Gasteiger partial charge < -0.3 is 5.11 Å². The lowest BCUT2D eigenvalue weighted by molar-refractivity contribution is 0.217. The fourth-order valence-electron chi connectivity index (χ4n) is 4.24. The molecule has 0 amide bonds. The van der Waals surface area contributed by atoms with Crippen molar-refractivity contribution in [2.24, 2.45) is 0 Å². The highest BCUT2D eigenvalue weighted by atomic mass is 32.3. The molecule has 7 heteroatoms. The first-order chi connectivity index (χ1) is 15.1. The number of aliphatic hydroxyl groups is 1. The summed E-state index contributed by atoms with van der Waals surface area (Å²) < 4.78 is 53.6. The van der Waals surface area contributed by atoms with Gasteiger partial charge in [-0.1, -0.05) is 60.7 Å². The molecule has 1 aliphatic rings. The maximum atomic E-state index is 14.0. The van der Waals surface area contributed by atoms with Crippen LogP contribution in [0.1, 0.15) is 23.1 Å². The van der Waals surface area contributed by atoms with Gasteiger partial charge in [0.2, 0.25) is 23.8 Å². The van der Waals surface area contributed by atoms with Crippen molar-refractivity contribution in [2.75, 3.05) is 0 Å². The van der Waals surface area contributed by atoms with Crippen molar-refractivity contribution in [3.63, 3.8) is 0 Å². The lowest BCUT2D eigenvalue weighted by atomic mass is 10.0. The van der Waals surface area contributed by atoms with Crippen LogP contribution in [0.4, 0.5) is 0 Å². The Kier molecular flexibility index (Phi) is 5.61. The largest absolute Gasteiger partial charge is 0.386 e. The molecule has 0 aromatic heterocycles. The molecule has 1 N–H and O–H groups in total. The molecular formula is C25H24O5S2. The van der Waals surface area contributed by atoms with Gasteiger partial charge in [0.15, 0.2) is 0 Å². The van der Waals surface area contributed by atoms with E-state index in [4.69, 9.17) is 0 Å². The summed E-state index contributed by atoms with van der Waals surface area (Å²) in [5.74, 6) is 0. The molecule has 0 fully saturated rings. The average Bonchev–Trinajstić information content (AvgIpc) is 3.13. The van der Waals surface area contributed by atoms with Crippen LogP contribution in [0.3, 0.4) is 0 Å². The van der Waals surface area contributed by atoms with Crippen LogP contribution in [0, 0.1) is 13.8 Å². The van der Waals surface area contributed by atoms with E-state index < -0.39 is 29.9 Å². The smallest absolute Gasteiger partial charge is 0.215 e. The molecule has 1 atom stereocenters. The normalized spacial score (nSPS) is 18.3. The van der Waals surface area contributed by atoms with E-state index in [-0.39, 0.29) is 21.8 Å². The van der Waals surface area contributed by atoms with Crippen molar-refractivity contribution in [1.29, 1.82) is 0 Å². The standard InChI is InChI=1S/C25H24O5S2/c1-18-8-6-12-21(16-18)31(27,28)25(32(29,30)22-13-7-9-19(2)17-22)15-14-23(24(25)26)20-10-4-3-5-11-20/h3-14,16-17,24,26H,15H2,1-2H3. The summed E-state index contributed by atoms with van der Waals surface area (Å²) in [4.78, 5) is -0.258. The van der Waals surface area contributed by atoms with Gasteiger partial charge in [-0.2, -0.15) is 0 Å². The molecule has 0 aliphatic heterocycles. The molecule has 32 heavy (non-hydrogen) atoms. The van der Waals surface area contributed by atoms with Gasteiger partial charge in [-0.25, -0.2) is 16.8 Å². The Labute approximate surface area is 188 Å². The number of allylic oxidation sites excluding steroid dienone is 1. The molecule has 1 unspecified atom stereocenters. The maximum absolute atomic E-state index is 14.0. The van der Waals surface area contributed by atoms with Crippen molar-refractivity contribution in [1.82, 2.24) is 0 Å². The third kappa shape index (κ3) is 3.32. The molecule has 0 bridgehead atoms. The molecule has 166 valence electrons. The highest BCUT2D eigenvalue weighted by Gasteiger charge is 2.63. The Bertz CT molecular complexity index is 1330. The monoisotopic (exact) mass is 468 g/mol. The van der Waals surface area contributed by atoms with E-state index in [0.717, 1.165) is 0 Å². The summed E-state index contributed by atoms with van der Waals surface area (Å²) >= 11 is 0. The maximum Gasteiger partial charge on any atom is 0.215 e. The molecule has 1 aliphatic carbocycles. The van der Waals surface area contributed by atoms with Crippen molar-refractivity contribution in [3.8, 4) is 0 Å². The van der Waals surface area contributed by atoms with Gasteiger partial charge in [0.05, 0.1) is 9.79 Å². The third-order valence-electron chi connectivity index (χ3n) is 5.93. The van der Waals surface area contributed by atoms with Crippen molar-refractivity contribution in [2.45, 2.75) is 40.2 Å². The van der Waals surface area contributed by atoms with Crippen LogP contribution in [0.5, 0.6) is 0 Å². The highest BCUT2D eigenvalue weighted by molar-refractivity contribution is 8.10. The lowest BCUT2D eigenvalue weighted by Gasteiger charge is -2.33. The van der Waals surface area contributed by atoms with E-state index in [9.17, 15) is 21.9 Å². The van der Waals surface area contributed by atoms with E-state index in [1.54, 1.807) is 68.4 Å². The number of rotatable bonds is 5. The molecule has 0 radical (unpaired) electrons. The lowest BCUT2D eigenvalue weighted by Crippen LogP contribution is -2.53. The summed E-state index contributed by atoms with van der Waals surface area (Å²) in [5.41, 5.74) is 2.23. The van der Waals surface area contributed by atoms with Crippen molar-refractivity contribution < 1.29 is 21.9 Å². The van der Waals surface area contributed by atoms with Gasteiger partial charge in [-0.05, 0) is 60.4 Å². The number of aryl methyl sites for hydroxylation is 2.